The predicted octanol–water partition coefficient (Wildman–Crippen LogP) is 7.79. The molecule has 0 spiro atoms. The van der Waals surface area contributed by atoms with Gasteiger partial charge in [0.2, 0.25) is 11.7 Å². The number of ether oxygens (including phenoxy) is 3. The van der Waals surface area contributed by atoms with Crippen molar-refractivity contribution < 1.29 is 19.0 Å². The molecular weight excluding hydrogens is 496 g/mol. The number of hydrogen-bond donors (Lipinski definition) is 2. The molecule has 2 N–H and O–H groups in total. The normalized spacial score (nSPS) is 16.9. The van der Waals surface area contributed by atoms with Gasteiger partial charge >= 0.3 is 0 Å². The number of nitrogens with one attached hydrogen (secondary N) is 2. The van der Waals surface area contributed by atoms with E-state index in [0.717, 1.165) is 24.3 Å². The van der Waals surface area contributed by atoms with Crippen molar-refractivity contribution in [2.24, 2.45) is 0 Å². The van der Waals surface area contributed by atoms with Gasteiger partial charge in [-0.3, -0.25) is 10.1 Å². The number of carbonyl (C=O) groups excluding carboxylic acids is 1. The molecule has 2 atom stereocenters. The Morgan fingerprint density at radius 1 is 0.789 bits per heavy atom. The number of rotatable bonds is 22. The summed E-state index contributed by atoms with van der Waals surface area (Å²) in [6.07, 6.45) is 21.7. The van der Waals surface area contributed by atoms with Gasteiger partial charge in [0.25, 0.3) is 0 Å². The summed E-state index contributed by atoms with van der Waals surface area (Å²) in [5.74, 6) is 2.66. The second-order valence-corrected chi connectivity index (χ2v) is 11.6. The van der Waals surface area contributed by atoms with Crippen LogP contribution < -0.4 is 24.8 Å². The van der Waals surface area contributed by atoms with Crippen LogP contribution in [-0.4, -0.2) is 45.6 Å². The van der Waals surface area contributed by atoms with E-state index in [1.165, 1.54) is 96.3 Å². The van der Waals surface area contributed by atoms with Gasteiger partial charge in [0.1, 0.15) is 0 Å². The molecule has 1 amide bonds. The van der Waals surface area contributed by atoms with E-state index in [1.54, 1.807) is 33.1 Å². The molecule has 1 aromatic rings. The first kappa shape index (κ1) is 32.6. The lowest BCUT2D eigenvalue weighted by atomic mass is 10.0. The van der Waals surface area contributed by atoms with Crippen LogP contribution in [0.15, 0.2) is 12.1 Å². The highest BCUT2D eigenvalue weighted by Crippen LogP contribution is 2.43. The van der Waals surface area contributed by atoms with E-state index in [0.29, 0.717) is 17.2 Å². The molecule has 2 unspecified atom stereocenters. The van der Waals surface area contributed by atoms with Gasteiger partial charge in [-0.15, -0.1) is 11.8 Å². The van der Waals surface area contributed by atoms with E-state index in [-0.39, 0.29) is 17.3 Å². The third kappa shape index (κ3) is 12.1. The molecule has 218 valence electrons. The maximum atomic E-state index is 12.7. The maximum absolute atomic E-state index is 12.7. The monoisotopic (exact) mass is 550 g/mol. The van der Waals surface area contributed by atoms with Crippen LogP contribution in [0.1, 0.15) is 121 Å². The first-order chi connectivity index (χ1) is 18.6. The van der Waals surface area contributed by atoms with Crippen molar-refractivity contribution in [3.63, 3.8) is 0 Å². The number of unbranched alkanes of at least 4 members (excludes halogenated alkanes) is 15. The molecule has 1 saturated heterocycles. The first-order valence-corrected chi connectivity index (χ1v) is 16.1. The zero-order valence-electron chi connectivity index (χ0n) is 24.6. The van der Waals surface area contributed by atoms with Crippen LogP contribution in [0.25, 0.3) is 0 Å². The number of amides is 1. The summed E-state index contributed by atoms with van der Waals surface area (Å²) in [6, 6.07) is 3.70. The third-order valence-corrected chi connectivity index (χ3v) is 8.69. The Morgan fingerprint density at radius 2 is 1.26 bits per heavy atom. The Morgan fingerprint density at radius 3 is 1.71 bits per heavy atom. The fourth-order valence-corrected chi connectivity index (χ4v) is 6.30. The van der Waals surface area contributed by atoms with Crippen molar-refractivity contribution in [2.45, 2.75) is 121 Å². The van der Waals surface area contributed by atoms with Gasteiger partial charge in [-0.2, -0.15) is 0 Å². The molecule has 7 heteroatoms. The lowest BCUT2D eigenvalue weighted by molar-refractivity contribution is -0.122. The standard InChI is InChI=1S/C31H54N2O4S/c1-5-6-7-8-9-10-11-12-13-14-15-16-17-18-19-20-21-32-30(34)26-24-38-31(33-26)25-22-27(35-2)29(37-4)28(23-25)36-3/h22-23,26,31,33H,5-21,24H2,1-4H3,(H,32,34). The SMILES string of the molecule is CCCCCCCCCCCCCCCCCCNC(=O)C1CSC(c2cc(OC)c(OC)c(OC)c2)N1. The van der Waals surface area contributed by atoms with Crippen molar-refractivity contribution >= 4 is 17.7 Å². The topological polar surface area (TPSA) is 68.8 Å². The Labute approximate surface area is 236 Å². The Kier molecular flexibility index (Phi) is 17.4. The fourth-order valence-electron chi connectivity index (χ4n) is 5.08. The summed E-state index contributed by atoms with van der Waals surface area (Å²) >= 11 is 1.73. The van der Waals surface area contributed by atoms with Crippen molar-refractivity contribution in [3.8, 4) is 17.2 Å². The van der Waals surface area contributed by atoms with Crippen molar-refractivity contribution in [1.82, 2.24) is 10.6 Å². The molecule has 1 heterocycles. The molecule has 38 heavy (non-hydrogen) atoms. The number of benzene rings is 1. The molecule has 0 bridgehead atoms. The molecule has 6 nitrogen and oxygen atoms in total. The van der Waals surface area contributed by atoms with Crippen LogP contribution in [0.4, 0.5) is 0 Å². The Bertz CT molecular complexity index is 751. The second-order valence-electron chi connectivity index (χ2n) is 10.5. The highest BCUT2D eigenvalue weighted by Gasteiger charge is 2.31. The number of hydrogen-bond acceptors (Lipinski definition) is 6. The van der Waals surface area contributed by atoms with Crippen LogP contribution in [0.5, 0.6) is 17.2 Å². The molecule has 1 aromatic carbocycles. The van der Waals surface area contributed by atoms with Gasteiger partial charge in [-0.25, -0.2) is 0 Å². The average Bonchev–Trinajstić information content (AvgIpc) is 3.44. The molecule has 0 radical (unpaired) electrons. The van der Waals surface area contributed by atoms with E-state index in [4.69, 9.17) is 14.2 Å². The van der Waals surface area contributed by atoms with E-state index >= 15 is 0 Å². The molecular formula is C31H54N2O4S. The summed E-state index contributed by atoms with van der Waals surface area (Å²) in [6.45, 7) is 3.04. The molecule has 1 aliphatic rings. The van der Waals surface area contributed by atoms with Gasteiger partial charge in [-0.05, 0) is 24.1 Å². The van der Waals surface area contributed by atoms with E-state index in [1.807, 2.05) is 12.1 Å². The van der Waals surface area contributed by atoms with E-state index < -0.39 is 0 Å². The number of methoxy groups -OCH3 is 3. The summed E-state index contributed by atoms with van der Waals surface area (Å²) in [5.41, 5.74) is 1.01. The Balaban J connectivity index is 1.48. The van der Waals surface area contributed by atoms with Crippen molar-refractivity contribution in [1.29, 1.82) is 0 Å². The van der Waals surface area contributed by atoms with Crippen molar-refractivity contribution in [3.05, 3.63) is 17.7 Å². The quantitative estimate of drug-likeness (QED) is 0.144. The highest BCUT2D eigenvalue weighted by atomic mass is 32.2. The Hall–Kier alpha value is -1.60. The minimum atomic E-state index is -0.190. The van der Waals surface area contributed by atoms with Crippen LogP contribution in [0.3, 0.4) is 0 Å². The van der Waals surface area contributed by atoms with E-state index in [2.05, 4.69) is 17.6 Å². The zero-order valence-corrected chi connectivity index (χ0v) is 25.4. The highest BCUT2D eigenvalue weighted by molar-refractivity contribution is 7.99. The van der Waals surface area contributed by atoms with Crippen molar-refractivity contribution in [2.75, 3.05) is 33.6 Å². The molecule has 0 saturated carbocycles. The smallest absolute Gasteiger partial charge is 0.238 e. The summed E-state index contributed by atoms with van der Waals surface area (Å²) in [4.78, 5) is 12.7. The lowest BCUT2D eigenvalue weighted by Crippen LogP contribution is -2.42. The van der Waals surface area contributed by atoms with Gasteiger partial charge in [-0.1, -0.05) is 103 Å². The van der Waals surface area contributed by atoms with Gasteiger partial charge in [0.15, 0.2) is 11.5 Å². The lowest BCUT2D eigenvalue weighted by Gasteiger charge is -2.18. The number of carbonyl (C=O) groups is 1. The zero-order chi connectivity index (χ0) is 27.4. The fraction of sp³-hybridized carbons (Fsp3) is 0.774. The summed E-state index contributed by atoms with van der Waals surface area (Å²) in [5, 5.41) is 6.59. The third-order valence-electron chi connectivity index (χ3n) is 7.42. The molecule has 1 fully saturated rings. The van der Waals surface area contributed by atoms with Gasteiger partial charge in [0, 0.05) is 12.3 Å². The molecule has 0 aliphatic carbocycles. The van der Waals surface area contributed by atoms with E-state index in [9.17, 15) is 4.79 Å². The summed E-state index contributed by atoms with van der Waals surface area (Å²) < 4.78 is 16.4. The maximum Gasteiger partial charge on any atom is 0.238 e. The second kappa shape index (κ2) is 20.3. The summed E-state index contributed by atoms with van der Waals surface area (Å²) in [7, 11) is 4.83. The average molecular weight is 551 g/mol. The molecule has 0 aromatic heterocycles. The number of thioether (sulfide) groups is 1. The molecule has 2 rings (SSSR count). The first-order valence-electron chi connectivity index (χ1n) is 15.1. The van der Waals surface area contributed by atoms with Crippen LogP contribution in [0, 0.1) is 0 Å². The van der Waals surface area contributed by atoms with Gasteiger partial charge < -0.3 is 19.5 Å². The molecule has 1 aliphatic heterocycles. The minimum Gasteiger partial charge on any atom is -0.493 e. The largest absolute Gasteiger partial charge is 0.493 e. The van der Waals surface area contributed by atoms with Gasteiger partial charge in [0.05, 0.1) is 32.7 Å². The minimum absolute atomic E-state index is 0.00926. The van der Waals surface area contributed by atoms with Crippen LogP contribution in [-0.2, 0) is 4.79 Å². The van der Waals surface area contributed by atoms with Crippen LogP contribution >= 0.6 is 11.8 Å². The predicted molar refractivity (Wildman–Crippen MR) is 161 cm³/mol. The van der Waals surface area contributed by atoms with Crippen LogP contribution in [0.2, 0.25) is 0 Å².